The van der Waals surface area contributed by atoms with Gasteiger partial charge in [-0.2, -0.15) is 0 Å². The molecule has 21 heavy (non-hydrogen) atoms. The number of para-hydroxylation sites is 2. The van der Waals surface area contributed by atoms with Crippen molar-refractivity contribution in [2.45, 2.75) is 45.6 Å². The van der Waals surface area contributed by atoms with Crippen LogP contribution in [-0.4, -0.2) is 44.2 Å². The molecule has 1 heterocycles. The first-order chi connectivity index (χ1) is 10.3. The van der Waals surface area contributed by atoms with E-state index >= 15 is 0 Å². The molecule has 1 aromatic rings. The summed E-state index contributed by atoms with van der Waals surface area (Å²) in [6.45, 7) is 9.14. The number of hydrogen-bond donors (Lipinski definition) is 0. The van der Waals surface area contributed by atoms with Crippen molar-refractivity contribution in [2.24, 2.45) is 0 Å². The van der Waals surface area contributed by atoms with Crippen LogP contribution in [0.25, 0.3) is 0 Å². The van der Waals surface area contributed by atoms with E-state index in [0.29, 0.717) is 0 Å². The molecule has 3 heteroatoms. The fourth-order valence-corrected chi connectivity index (χ4v) is 3.30. The molecule has 1 fully saturated rings. The van der Waals surface area contributed by atoms with Gasteiger partial charge in [0.05, 0.1) is 12.8 Å². The van der Waals surface area contributed by atoms with Crippen LogP contribution in [0.5, 0.6) is 5.75 Å². The summed E-state index contributed by atoms with van der Waals surface area (Å²) in [6.07, 6.45) is 5.28. The zero-order valence-electron chi connectivity index (χ0n) is 13.8. The van der Waals surface area contributed by atoms with Gasteiger partial charge in [-0.3, -0.25) is 4.90 Å². The minimum atomic E-state index is 0.768. The van der Waals surface area contributed by atoms with E-state index in [2.05, 4.69) is 41.8 Å². The number of piperazine rings is 1. The summed E-state index contributed by atoms with van der Waals surface area (Å²) in [5.74, 6) is 0.990. The maximum Gasteiger partial charge on any atom is 0.142 e. The van der Waals surface area contributed by atoms with Crippen LogP contribution in [0.2, 0.25) is 0 Å². The third-order valence-corrected chi connectivity index (χ3v) is 4.62. The Labute approximate surface area is 129 Å². The Morgan fingerprint density at radius 1 is 1.10 bits per heavy atom. The third-order valence-electron chi connectivity index (χ3n) is 4.62. The maximum atomic E-state index is 5.49. The van der Waals surface area contributed by atoms with Crippen LogP contribution >= 0.6 is 0 Å². The predicted octanol–water partition coefficient (Wildman–Crippen LogP) is 3.79. The number of hydrogen-bond acceptors (Lipinski definition) is 3. The second-order valence-corrected chi connectivity index (χ2v) is 5.90. The number of benzene rings is 1. The molecule has 3 nitrogen and oxygen atoms in total. The van der Waals surface area contributed by atoms with Crippen molar-refractivity contribution in [3.63, 3.8) is 0 Å². The lowest BCUT2D eigenvalue weighted by atomic mass is 10.0. The molecule has 0 saturated carbocycles. The van der Waals surface area contributed by atoms with Gasteiger partial charge < -0.3 is 9.64 Å². The van der Waals surface area contributed by atoms with E-state index in [-0.39, 0.29) is 0 Å². The number of ether oxygens (including phenoxy) is 1. The summed E-state index contributed by atoms with van der Waals surface area (Å²) in [5.41, 5.74) is 1.24. The number of rotatable bonds is 7. The highest BCUT2D eigenvalue weighted by Gasteiger charge is 2.23. The number of unbranched alkanes of at least 4 members (excludes halogenated alkanes) is 1. The molecule has 2 rings (SSSR count). The van der Waals surface area contributed by atoms with E-state index in [1.807, 2.05) is 6.07 Å². The summed E-state index contributed by atoms with van der Waals surface area (Å²) in [7, 11) is 1.76. The van der Waals surface area contributed by atoms with E-state index in [1.165, 1.54) is 44.5 Å². The Morgan fingerprint density at radius 2 is 1.81 bits per heavy atom. The number of methoxy groups -OCH3 is 1. The van der Waals surface area contributed by atoms with Gasteiger partial charge in [0.15, 0.2) is 0 Å². The fraction of sp³-hybridized carbons (Fsp3) is 0.667. The topological polar surface area (TPSA) is 15.7 Å². The molecule has 118 valence electrons. The SMILES string of the molecule is CCCCC(CC)N1CCN(c2ccccc2OC)CC1. The molecule has 1 saturated heterocycles. The van der Waals surface area contributed by atoms with Crippen LogP contribution in [0, 0.1) is 0 Å². The van der Waals surface area contributed by atoms with Gasteiger partial charge in [-0.15, -0.1) is 0 Å². The van der Waals surface area contributed by atoms with E-state index in [9.17, 15) is 0 Å². The standard InChI is InChI=1S/C18H30N2O/c1-4-6-9-16(5-2)19-12-14-20(15-13-19)17-10-7-8-11-18(17)21-3/h7-8,10-11,16H,4-6,9,12-15H2,1-3H3. The lowest BCUT2D eigenvalue weighted by Gasteiger charge is -2.40. The molecule has 0 aliphatic carbocycles. The van der Waals surface area contributed by atoms with Crippen molar-refractivity contribution in [3.8, 4) is 5.75 Å². The monoisotopic (exact) mass is 290 g/mol. The van der Waals surface area contributed by atoms with Crippen LogP contribution in [0.4, 0.5) is 5.69 Å². The number of nitrogens with zero attached hydrogens (tertiary/aromatic N) is 2. The minimum absolute atomic E-state index is 0.768. The van der Waals surface area contributed by atoms with E-state index in [1.54, 1.807) is 7.11 Å². The molecule has 0 aromatic heterocycles. The summed E-state index contributed by atoms with van der Waals surface area (Å²) >= 11 is 0. The highest BCUT2D eigenvalue weighted by Crippen LogP contribution is 2.29. The van der Waals surface area contributed by atoms with Crippen molar-refractivity contribution in [1.29, 1.82) is 0 Å². The molecule has 0 amide bonds. The Morgan fingerprint density at radius 3 is 2.43 bits per heavy atom. The van der Waals surface area contributed by atoms with Crippen molar-refractivity contribution in [3.05, 3.63) is 24.3 Å². The van der Waals surface area contributed by atoms with Gasteiger partial charge in [-0.1, -0.05) is 38.8 Å². The zero-order chi connectivity index (χ0) is 15.1. The normalized spacial score (nSPS) is 17.8. The smallest absolute Gasteiger partial charge is 0.142 e. The molecule has 0 N–H and O–H groups in total. The van der Waals surface area contributed by atoms with Crippen molar-refractivity contribution in [2.75, 3.05) is 38.2 Å². The molecule has 1 unspecified atom stereocenters. The van der Waals surface area contributed by atoms with Gasteiger partial charge >= 0.3 is 0 Å². The summed E-state index contributed by atoms with van der Waals surface area (Å²) in [6, 6.07) is 9.13. The van der Waals surface area contributed by atoms with Crippen molar-refractivity contribution in [1.82, 2.24) is 4.90 Å². The second-order valence-electron chi connectivity index (χ2n) is 5.90. The number of anilines is 1. The lowest BCUT2D eigenvalue weighted by Crippen LogP contribution is -2.50. The minimum Gasteiger partial charge on any atom is -0.495 e. The largest absolute Gasteiger partial charge is 0.495 e. The van der Waals surface area contributed by atoms with Gasteiger partial charge in [-0.05, 0) is 25.0 Å². The predicted molar refractivity (Wildman–Crippen MR) is 90.4 cm³/mol. The van der Waals surface area contributed by atoms with Crippen molar-refractivity contribution >= 4 is 5.69 Å². The van der Waals surface area contributed by atoms with Gasteiger partial charge in [0.25, 0.3) is 0 Å². The molecular formula is C18H30N2O. The molecule has 0 bridgehead atoms. The van der Waals surface area contributed by atoms with Crippen LogP contribution in [0.3, 0.4) is 0 Å². The zero-order valence-corrected chi connectivity index (χ0v) is 13.8. The van der Waals surface area contributed by atoms with Crippen LogP contribution in [0.15, 0.2) is 24.3 Å². The highest BCUT2D eigenvalue weighted by atomic mass is 16.5. The summed E-state index contributed by atoms with van der Waals surface area (Å²) in [4.78, 5) is 5.14. The van der Waals surface area contributed by atoms with E-state index < -0.39 is 0 Å². The van der Waals surface area contributed by atoms with Gasteiger partial charge in [0, 0.05) is 32.2 Å². The molecule has 1 aromatic carbocycles. The first-order valence-corrected chi connectivity index (χ1v) is 8.42. The average Bonchev–Trinajstić information content (AvgIpc) is 2.56. The van der Waals surface area contributed by atoms with Crippen LogP contribution in [0.1, 0.15) is 39.5 Å². The first kappa shape index (κ1) is 16.2. The van der Waals surface area contributed by atoms with Gasteiger partial charge in [0.1, 0.15) is 5.75 Å². The Hall–Kier alpha value is -1.22. The highest BCUT2D eigenvalue weighted by molar-refractivity contribution is 5.58. The second kappa shape index (κ2) is 8.28. The molecule has 0 radical (unpaired) electrons. The van der Waals surface area contributed by atoms with Crippen LogP contribution < -0.4 is 9.64 Å². The van der Waals surface area contributed by atoms with Crippen LogP contribution in [-0.2, 0) is 0 Å². The molecule has 0 spiro atoms. The molecule has 1 aliphatic heterocycles. The van der Waals surface area contributed by atoms with Gasteiger partial charge in [0.2, 0.25) is 0 Å². The quantitative estimate of drug-likeness (QED) is 0.760. The van der Waals surface area contributed by atoms with Gasteiger partial charge in [-0.25, -0.2) is 0 Å². The Bertz CT molecular complexity index is 413. The molecule has 1 atom stereocenters. The molecule has 1 aliphatic rings. The maximum absolute atomic E-state index is 5.49. The Balaban J connectivity index is 1.93. The molecular weight excluding hydrogens is 260 g/mol. The first-order valence-electron chi connectivity index (χ1n) is 8.42. The summed E-state index contributed by atoms with van der Waals surface area (Å²) in [5, 5.41) is 0. The van der Waals surface area contributed by atoms with E-state index in [0.717, 1.165) is 24.9 Å². The summed E-state index contributed by atoms with van der Waals surface area (Å²) < 4.78 is 5.49. The van der Waals surface area contributed by atoms with Crippen molar-refractivity contribution < 1.29 is 4.74 Å². The third kappa shape index (κ3) is 4.13. The average molecular weight is 290 g/mol. The van der Waals surface area contributed by atoms with E-state index in [4.69, 9.17) is 4.74 Å². The Kier molecular flexibility index (Phi) is 6.37. The lowest BCUT2D eigenvalue weighted by molar-refractivity contribution is 0.169. The fourth-order valence-electron chi connectivity index (χ4n) is 3.30.